The van der Waals surface area contributed by atoms with Crippen molar-refractivity contribution in [1.29, 1.82) is 0 Å². The fourth-order valence-corrected chi connectivity index (χ4v) is 11.3. The molecule has 0 saturated heterocycles. The first kappa shape index (κ1) is 35.4. The van der Waals surface area contributed by atoms with E-state index in [1.807, 2.05) is 0 Å². The van der Waals surface area contributed by atoms with Gasteiger partial charge in [0.15, 0.2) is 0 Å². The quantitative estimate of drug-likeness (QED) is 0.0842. The standard InChI is InChI=1S/C36H66O5Si2/c1-26(22-27(34(37)38)24-39-18-20-42(4,5)6)31-12-13-32-30-11-10-28-23-29(41-25-40-19-21-43(7,8)9)14-16-35(28,2)33(30)15-17-36(31,32)3/h10,26-27,29-33H,11-25H2,1-9H3,(H,37,38)/t26?,27?,29-,30-,31+,32-,33-,35-,36+/m0/s1. The summed E-state index contributed by atoms with van der Waals surface area (Å²) < 4.78 is 18.1. The maximum Gasteiger partial charge on any atom is 0.308 e. The van der Waals surface area contributed by atoms with Gasteiger partial charge in [0, 0.05) is 29.4 Å². The van der Waals surface area contributed by atoms with Crippen molar-refractivity contribution in [2.24, 2.45) is 46.3 Å². The van der Waals surface area contributed by atoms with Crippen LogP contribution in [-0.2, 0) is 19.0 Å². The highest BCUT2D eigenvalue weighted by Crippen LogP contribution is 2.67. The predicted octanol–water partition coefficient (Wildman–Crippen LogP) is 9.34. The Morgan fingerprint density at radius 1 is 0.953 bits per heavy atom. The smallest absolute Gasteiger partial charge is 0.308 e. The Morgan fingerprint density at radius 2 is 1.63 bits per heavy atom. The SMILES string of the molecule is CC(CC(COCC[Si](C)(C)C)C(=O)O)[C@H]1CC[C@H]2[C@@H]3CC=C4C[C@@H](OCOCC[Si](C)(C)C)CC[C@]4(C)[C@H]3CC[C@]12C. The summed E-state index contributed by atoms with van der Waals surface area (Å²) in [5, 5.41) is 10.0. The number of rotatable bonds is 15. The maximum atomic E-state index is 12.2. The predicted molar refractivity (Wildman–Crippen MR) is 183 cm³/mol. The molecule has 248 valence electrons. The maximum absolute atomic E-state index is 12.2. The highest BCUT2D eigenvalue weighted by atomic mass is 28.3. The molecule has 0 heterocycles. The second-order valence-corrected chi connectivity index (χ2v) is 29.2. The van der Waals surface area contributed by atoms with Gasteiger partial charge in [-0.15, -0.1) is 0 Å². The van der Waals surface area contributed by atoms with Gasteiger partial charge >= 0.3 is 5.97 Å². The largest absolute Gasteiger partial charge is 0.481 e. The average Bonchev–Trinajstić information content (AvgIpc) is 3.26. The van der Waals surface area contributed by atoms with Crippen LogP contribution in [-0.4, -0.2) is 59.9 Å². The molecule has 0 aromatic rings. The molecule has 4 rings (SSSR count). The van der Waals surface area contributed by atoms with E-state index in [9.17, 15) is 9.90 Å². The highest BCUT2D eigenvalue weighted by molar-refractivity contribution is 6.76. The van der Waals surface area contributed by atoms with E-state index in [4.69, 9.17) is 14.2 Å². The first-order valence-corrected chi connectivity index (χ1v) is 25.1. The normalized spacial score (nSPS) is 35.8. The van der Waals surface area contributed by atoms with Crippen LogP contribution in [0.25, 0.3) is 0 Å². The Kier molecular flexibility index (Phi) is 11.6. The van der Waals surface area contributed by atoms with Crippen LogP contribution < -0.4 is 0 Å². The van der Waals surface area contributed by atoms with Crippen molar-refractivity contribution in [1.82, 2.24) is 0 Å². The number of hydrogen-bond donors (Lipinski definition) is 1. The van der Waals surface area contributed by atoms with Crippen LogP contribution in [0.15, 0.2) is 11.6 Å². The molecule has 0 aromatic carbocycles. The monoisotopic (exact) mass is 634 g/mol. The number of fused-ring (bicyclic) bond motifs is 5. The molecule has 0 spiro atoms. The Balaban J connectivity index is 1.33. The number of aliphatic carboxylic acids is 1. The van der Waals surface area contributed by atoms with E-state index in [1.165, 1.54) is 44.6 Å². The molecule has 5 nitrogen and oxygen atoms in total. The zero-order chi connectivity index (χ0) is 31.6. The molecular weight excluding hydrogens is 569 g/mol. The third-order valence-corrected chi connectivity index (χ3v) is 15.9. The number of ether oxygens (including phenoxy) is 3. The van der Waals surface area contributed by atoms with Crippen molar-refractivity contribution in [3.05, 3.63) is 11.6 Å². The summed E-state index contributed by atoms with van der Waals surface area (Å²) in [7, 11) is -2.24. The molecule has 4 aliphatic rings. The molecule has 0 radical (unpaired) electrons. The van der Waals surface area contributed by atoms with Crippen molar-refractivity contribution in [3.8, 4) is 0 Å². The minimum Gasteiger partial charge on any atom is -0.481 e. The number of allylic oxidation sites excluding steroid dienone is 1. The van der Waals surface area contributed by atoms with Crippen molar-refractivity contribution in [2.45, 2.75) is 136 Å². The summed E-state index contributed by atoms with van der Waals surface area (Å²) in [6, 6.07) is 2.29. The Bertz CT molecular complexity index is 970. The zero-order valence-corrected chi connectivity index (χ0v) is 31.3. The van der Waals surface area contributed by atoms with E-state index in [0.29, 0.717) is 48.8 Å². The highest BCUT2D eigenvalue weighted by Gasteiger charge is 2.59. The molecule has 0 bridgehead atoms. The van der Waals surface area contributed by atoms with Gasteiger partial charge in [0.2, 0.25) is 0 Å². The van der Waals surface area contributed by atoms with E-state index in [0.717, 1.165) is 49.7 Å². The number of carboxylic acids is 1. The molecule has 3 saturated carbocycles. The van der Waals surface area contributed by atoms with E-state index in [2.05, 4.69) is 66.1 Å². The number of hydrogen-bond acceptors (Lipinski definition) is 4. The molecule has 0 amide bonds. The minimum atomic E-state index is -1.17. The second kappa shape index (κ2) is 14.1. The lowest BCUT2D eigenvalue weighted by Gasteiger charge is -2.58. The Labute approximate surface area is 266 Å². The Morgan fingerprint density at radius 3 is 2.28 bits per heavy atom. The van der Waals surface area contributed by atoms with Crippen LogP contribution in [0.2, 0.25) is 51.4 Å². The van der Waals surface area contributed by atoms with Crippen LogP contribution in [0, 0.1) is 46.3 Å². The number of carboxylic acid groups (broad SMARTS) is 1. The Hall–Kier alpha value is -0.476. The van der Waals surface area contributed by atoms with Crippen LogP contribution in [0.5, 0.6) is 0 Å². The van der Waals surface area contributed by atoms with Crippen molar-refractivity contribution in [3.63, 3.8) is 0 Å². The average molecular weight is 635 g/mol. The minimum absolute atomic E-state index is 0.301. The van der Waals surface area contributed by atoms with Crippen molar-refractivity contribution < 1.29 is 24.1 Å². The molecule has 1 N–H and O–H groups in total. The summed E-state index contributed by atoms with van der Waals surface area (Å²) in [5.74, 6) is 2.27. The second-order valence-electron chi connectivity index (χ2n) is 18.0. The van der Waals surface area contributed by atoms with Gasteiger partial charge in [0.1, 0.15) is 6.79 Å². The summed E-state index contributed by atoms with van der Waals surface area (Å²) in [4.78, 5) is 12.2. The van der Waals surface area contributed by atoms with E-state index >= 15 is 0 Å². The van der Waals surface area contributed by atoms with Crippen LogP contribution in [0.1, 0.15) is 78.6 Å². The lowest BCUT2D eigenvalue weighted by atomic mass is 9.47. The van der Waals surface area contributed by atoms with Gasteiger partial charge in [-0.1, -0.05) is 71.7 Å². The fourth-order valence-electron chi connectivity index (χ4n) is 9.78. The molecule has 4 aliphatic carbocycles. The third-order valence-electron chi connectivity index (χ3n) is 12.5. The van der Waals surface area contributed by atoms with Crippen molar-refractivity contribution >= 4 is 22.1 Å². The molecule has 0 aliphatic heterocycles. The third kappa shape index (κ3) is 8.66. The van der Waals surface area contributed by atoms with Gasteiger partial charge < -0.3 is 19.3 Å². The number of carbonyl (C=O) groups is 1. The molecule has 2 unspecified atom stereocenters. The van der Waals surface area contributed by atoms with Crippen LogP contribution in [0.3, 0.4) is 0 Å². The molecule has 0 aromatic heterocycles. The summed E-state index contributed by atoms with van der Waals surface area (Å²) in [6.07, 6.45) is 13.6. The molecule has 3 fully saturated rings. The lowest BCUT2D eigenvalue weighted by Crippen LogP contribution is -2.51. The zero-order valence-electron chi connectivity index (χ0n) is 29.3. The lowest BCUT2D eigenvalue weighted by molar-refractivity contribution is -0.145. The van der Waals surface area contributed by atoms with Gasteiger partial charge in [-0.05, 0) is 110 Å². The molecule has 43 heavy (non-hydrogen) atoms. The summed E-state index contributed by atoms with van der Waals surface area (Å²) >= 11 is 0. The van der Waals surface area contributed by atoms with Crippen molar-refractivity contribution in [2.75, 3.05) is 26.6 Å². The van der Waals surface area contributed by atoms with Gasteiger partial charge in [0.25, 0.3) is 0 Å². The van der Waals surface area contributed by atoms with Gasteiger partial charge in [-0.25, -0.2) is 0 Å². The van der Waals surface area contributed by atoms with Gasteiger partial charge in [0.05, 0.1) is 18.6 Å². The first-order valence-electron chi connectivity index (χ1n) is 17.7. The molecular formula is C36H66O5Si2. The molecule has 9 atom stereocenters. The van der Waals surface area contributed by atoms with E-state index in [1.54, 1.807) is 5.57 Å². The first-order chi connectivity index (χ1) is 20.0. The van der Waals surface area contributed by atoms with Gasteiger partial charge in [-0.2, -0.15) is 0 Å². The fraction of sp³-hybridized carbons (Fsp3) is 0.917. The molecule has 7 heteroatoms. The topological polar surface area (TPSA) is 65.0 Å². The van der Waals surface area contributed by atoms with Gasteiger partial charge in [-0.3, -0.25) is 4.79 Å². The summed E-state index contributed by atoms with van der Waals surface area (Å²) in [5.41, 5.74) is 2.31. The summed E-state index contributed by atoms with van der Waals surface area (Å²) in [6.45, 7) is 24.0. The van der Waals surface area contributed by atoms with E-state index in [-0.39, 0.29) is 0 Å². The van der Waals surface area contributed by atoms with E-state index < -0.39 is 28.0 Å². The van der Waals surface area contributed by atoms with Crippen LogP contribution >= 0.6 is 0 Å². The van der Waals surface area contributed by atoms with Crippen LogP contribution in [0.4, 0.5) is 0 Å².